The first-order chi connectivity index (χ1) is 16.0. The van der Waals surface area contributed by atoms with Crippen LogP contribution in [0.25, 0.3) is 6.08 Å². The Hall–Kier alpha value is -4.47. The van der Waals surface area contributed by atoms with Gasteiger partial charge in [-0.25, -0.2) is 4.79 Å². The monoisotopic (exact) mass is 471 g/mol. The molecule has 0 atom stereocenters. The molecule has 0 aliphatic rings. The SMILES string of the molecule is Nc1cc(N)cc(C/C(=C\c2ccc(OC(=O)c3ccc(OC(F)(F)F)cc3)cc2)C(=O)[O-])c1. The molecule has 0 saturated heterocycles. The molecule has 10 heteroatoms. The number of aliphatic carboxylic acids is 1. The number of carboxylic acids is 1. The molecule has 0 heterocycles. The van der Waals surface area contributed by atoms with E-state index < -0.39 is 24.1 Å². The van der Waals surface area contributed by atoms with Crippen LogP contribution in [0.5, 0.6) is 11.5 Å². The van der Waals surface area contributed by atoms with Gasteiger partial charge in [-0.3, -0.25) is 0 Å². The molecule has 0 amide bonds. The molecule has 0 fully saturated rings. The summed E-state index contributed by atoms with van der Waals surface area (Å²) in [5, 5.41) is 11.6. The summed E-state index contributed by atoms with van der Waals surface area (Å²) in [6.45, 7) is 0. The molecule has 7 nitrogen and oxygen atoms in total. The van der Waals surface area contributed by atoms with Crippen molar-refractivity contribution in [2.45, 2.75) is 12.8 Å². The summed E-state index contributed by atoms with van der Waals surface area (Å²) in [6, 6.07) is 15.0. The molecule has 0 unspecified atom stereocenters. The Kier molecular flexibility index (Phi) is 7.10. The quantitative estimate of drug-likeness (QED) is 0.234. The van der Waals surface area contributed by atoms with Crippen LogP contribution in [0.2, 0.25) is 0 Å². The van der Waals surface area contributed by atoms with Gasteiger partial charge in [-0.05, 0) is 83.8 Å². The van der Waals surface area contributed by atoms with Gasteiger partial charge in [-0.1, -0.05) is 12.1 Å². The first-order valence-electron chi connectivity index (χ1n) is 9.73. The Labute approximate surface area is 192 Å². The Morgan fingerprint density at radius 3 is 1.97 bits per heavy atom. The van der Waals surface area contributed by atoms with Gasteiger partial charge in [0.1, 0.15) is 11.5 Å². The second-order valence-corrected chi connectivity index (χ2v) is 7.17. The van der Waals surface area contributed by atoms with Gasteiger partial charge in [0.25, 0.3) is 0 Å². The average molecular weight is 471 g/mol. The zero-order valence-electron chi connectivity index (χ0n) is 17.5. The number of alkyl halides is 3. The average Bonchev–Trinajstić information content (AvgIpc) is 2.73. The molecule has 0 aliphatic carbocycles. The molecule has 0 radical (unpaired) electrons. The van der Waals surface area contributed by atoms with Crippen LogP contribution in [-0.4, -0.2) is 18.3 Å². The number of ether oxygens (including phenoxy) is 2. The number of rotatable bonds is 7. The highest BCUT2D eigenvalue weighted by molar-refractivity contribution is 5.92. The number of carbonyl (C=O) groups excluding carboxylic acids is 2. The molecule has 0 bridgehead atoms. The van der Waals surface area contributed by atoms with Crippen LogP contribution in [0.15, 0.2) is 72.3 Å². The maximum Gasteiger partial charge on any atom is 0.573 e. The van der Waals surface area contributed by atoms with Crippen LogP contribution in [0.4, 0.5) is 24.5 Å². The summed E-state index contributed by atoms with van der Waals surface area (Å²) in [5.74, 6) is -2.48. The Bertz CT molecular complexity index is 1200. The van der Waals surface area contributed by atoms with Crippen molar-refractivity contribution in [3.63, 3.8) is 0 Å². The summed E-state index contributed by atoms with van der Waals surface area (Å²) in [6.07, 6.45) is -3.40. The van der Waals surface area contributed by atoms with Gasteiger partial charge in [0, 0.05) is 11.4 Å². The molecule has 3 rings (SSSR count). The molecule has 0 saturated carbocycles. The van der Waals surface area contributed by atoms with Gasteiger partial charge in [0.05, 0.1) is 11.5 Å². The zero-order valence-corrected chi connectivity index (χ0v) is 17.5. The van der Waals surface area contributed by atoms with Gasteiger partial charge >= 0.3 is 12.3 Å². The number of carbonyl (C=O) groups is 2. The van der Waals surface area contributed by atoms with E-state index in [9.17, 15) is 27.9 Å². The van der Waals surface area contributed by atoms with E-state index in [1.807, 2.05) is 0 Å². The van der Waals surface area contributed by atoms with E-state index in [1.165, 1.54) is 30.3 Å². The number of benzene rings is 3. The van der Waals surface area contributed by atoms with E-state index >= 15 is 0 Å². The minimum atomic E-state index is -4.84. The molecule has 4 N–H and O–H groups in total. The fourth-order valence-corrected chi connectivity index (χ4v) is 3.04. The lowest BCUT2D eigenvalue weighted by atomic mass is 10.0. The van der Waals surface area contributed by atoms with Gasteiger partial charge < -0.3 is 30.8 Å². The number of nitrogen functional groups attached to an aromatic ring is 2. The van der Waals surface area contributed by atoms with Crippen LogP contribution >= 0.6 is 0 Å². The van der Waals surface area contributed by atoms with Gasteiger partial charge in [0.2, 0.25) is 0 Å². The minimum Gasteiger partial charge on any atom is -0.545 e. The third kappa shape index (κ3) is 7.02. The van der Waals surface area contributed by atoms with Crippen molar-refractivity contribution in [3.05, 3.63) is 89.0 Å². The van der Waals surface area contributed by atoms with Crippen molar-refractivity contribution < 1.29 is 37.3 Å². The van der Waals surface area contributed by atoms with E-state index in [-0.39, 0.29) is 23.3 Å². The molecular formula is C24H18F3N2O5-. The van der Waals surface area contributed by atoms with Crippen molar-refractivity contribution in [3.8, 4) is 11.5 Å². The van der Waals surface area contributed by atoms with E-state index in [4.69, 9.17) is 16.2 Å². The molecule has 3 aromatic carbocycles. The van der Waals surface area contributed by atoms with Crippen LogP contribution in [-0.2, 0) is 11.2 Å². The number of hydrogen-bond donors (Lipinski definition) is 2. The second-order valence-electron chi connectivity index (χ2n) is 7.17. The highest BCUT2D eigenvalue weighted by Crippen LogP contribution is 2.24. The largest absolute Gasteiger partial charge is 0.573 e. The maximum absolute atomic E-state index is 12.2. The number of anilines is 2. The number of nitrogens with two attached hydrogens (primary N) is 2. The molecule has 176 valence electrons. The first-order valence-corrected chi connectivity index (χ1v) is 9.73. The van der Waals surface area contributed by atoms with E-state index in [2.05, 4.69) is 4.74 Å². The van der Waals surface area contributed by atoms with Crippen molar-refractivity contribution in [2.24, 2.45) is 0 Å². The molecule has 34 heavy (non-hydrogen) atoms. The Morgan fingerprint density at radius 1 is 0.882 bits per heavy atom. The lowest BCUT2D eigenvalue weighted by Gasteiger charge is -2.11. The third-order valence-corrected chi connectivity index (χ3v) is 4.45. The fraction of sp³-hybridized carbons (Fsp3) is 0.0833. The van der Waals surface area contributed by atoms with Crippen molar-refractivity contribution in [2.75, 3.05) is 11.5 Å². The Morgan fingerprint density at radius 2 is 1.44 bits per heavy atom. The number of halogens is 3. The van der Waals surface area contributed by atoms with Gasteiger partial charge in [-0.2, -0.15) is 0 Å². The third-order valence-electron chi connectivity index (χ3n) is 4.45. The van der Waals surface area contributed by atoms with Crippen molar-refractivity contribution in [1.29, 1.82) is 0 Å². The molecule has 0 spiro atoms. The summed E-state index contributed by atoms with van der Waals surface area (Å²) in [5.41, 5.74) is 13.4. The first kappa shape index (κ1) is 24.2. The number of esters is 1. The van der Waals surface area contributed by atoms with Crippen molar-refractivity contribution >= 4 is 29.4 Å². The standard InChI is InChI=1S/C24H19F3N2O5/c25-24(26,27)34-21-7-3-16(4-8-21)23(32)33-20-5-1-14(2-6-20)9-17(22(30)31)10-15-11-18(28)13-19(29)12-15/h1-9,11-13H,10,28-29H2,(H,30,31)/p-1/b17-9+. The smallest absolute Gasteiger partial charge is 0.545 e. The lowest BCUT2D eigenvalue weighted by molar-refractivity contribution is -0.299. The normalized spacial score (nSPS) is 11.7. The van der Waals surface area contributed by atoms with Gasteiger partial charge in [0.15, 0.2) is 0 Å². The van der Waals surface area contributed by atoms with E-state index in [0.29, 0.717) is 22.5 Å². The van der Waals surface area contributed by atoms with E-state index in [1.54, 1.807) is 18.2 Å². The molecular weight excluding hydrogens is 453 g/mol. The molecule has 0 aromatic heterocycles. The number of carboxylic acid groups (broad SMARTS) is 1. The predicted octanol–water partition coefficient (Wildman–Crippen LogP) is 3.34. The summed E-state index contributed by atoms with van der Waals surface area (Å²) < 4.78 is 45.6. The number of hydrogen-bond acceptors (Lipinski definition) is 7. The topological polar surface area (TPSA) is 128 Å². The van der Waals surface area contributed by atoms with Crippen LogP contribution in [0, 0.1) is 0 Å². The summed E-state index contributed by atoms with van der Waals surface area (Å²) in [4.78, 5) is 23.8. The summed E-state index contributed by atoms with van der Waals surface area (Å²) in [7, 11) is 0. The van der Waals surface area contributed by atoms with Gasteiger partial charge in [-0.15, -0.1) is 13.2 Å². The summed E-state index contributed by atoms with van der Waals surface area (Å²) >= 11 is 0. The van der Waals surface area contributed by atoms with Crippen LogP contribution < -0.4 is 26.0 Å². The maximum atomic E-state index is 12.2. The lowest BCUT2D eigenvalue weighted by Crippen LogP contribution is -2.25. The Balaban J connectivity index is 1.69. The predicted molar refractivity (Wildman–Crippen MR) is 116 cm³/mol. The highest BCUT2D eigenvalue weighted by Gasteiger charge is 2.31. The minimum absolute atomic E-state index is 0.0131. The second kappa shape index (κ2) is 9.99. The molecule has 0 aliphatic heterocycles. The van der Waals surface area contributed by atoms with Crippen LogP contribution in [0.1, 0.15) is 21.5 Å². The zero-order chi connectivity index (χ0) is 24.9. The molecule has 3 aromatic rings. The van der Waals surface area contributed by atoms with Crippen LogP contribution in [0.3, 0.4) is 0 Å². The van der Waals surface area contributed by atoms with E-state index in [0.717, 1.165) is 24.3 Å². The fourth-order valence-electron chi connectivity index (χ4n) is 3.04. The van der Waals surface area contributed by atoms with Crippen molar-refractivity contribution in [1.82, 2.24) is 0 Å². The highest BCUT2D eigenvalue weighted by atomic mass is 19.4.